The number of sulfonamides is 1. The average molecular weight is 500 g/mol. The third kappa shape index (κ3) is 5.64. The van der Waals surface area contributed by atoms with E-state index >= 15 is 0 Å². The van der Waals surface area contributed by atoms with E-state index < -0.39 is 16.1 Å². The number of benzene rings is 2. The van der Waals surface area contributed by atoms with Crippen molar-refractivity contribution in [3.63, 3.8) is 0 Å². The number of carbonyl (C=O) groups is 1. The van der Waals surface area contributed by atoms with Gasteiger partial charge in [-0.05, 0) is 67.0 Å². The summed E-state index contributed by atoms with van der Waals surface area (Å²) in [6.45, 7) is 8.54. The number of amides is 1. The molecule has 2 heterocycles. The third-order valence-electron chi connectivity index (χ3n) is 6.95. The second kappa shape index (κ2) is 10.6. The lowest BCUT2D eigenvalue weighted by atomic mass is 9.93. The number of rotatable bonds is 8. The van der Waals surface area contributed by atoms with Crippen molar-refractivity contribution in [2.75, 3.05) is 35.4 Å². The fourth-order valence-corrected chi connectivity index (χ4v) is 6.67. The molecule has 4 rings (SSSR count). The minimum Gasteiger partial charge on any atom is -0.388 e. The van der Waals surface area contributed by atoms with Crippen molar-refractivity contribution in [3.8, 4) is 0 Å². The van der Waals surface area contributed by atoms with Crippen LogP contribution in [0.4, 0.5) is 11.4 Å². The van der Waals surface area contributed by atoms with Crippen LogP contribution in [-0.4, -0.2) is 45.6 Å². The molecule has 2 aliphatic rings. The number of carbonyl (C=O) groups excluding carboxylic acids is 1. The van der Waals surface area contributed by atoms with Gasteiger partial charge in [-0.15, -0.1) is 0 Å². The smallest absolute Gasteiger partial charge is 0.264 e. The van der Waals surface area contributed by atoms with Gasteiger partial charge >= 0.3 is 0 Å². The van der Waals surface area contributed by atoms with Crippen LogP contribution in [0, 0.1) is 11.8 Å². The van der Waals surface area contributed by atoms with E-state index in [2.05, 4.69) is 17.1 Å². The zero-order chi connectivity index (χ0) is 25.2. The molecule has 190 valence electrons. The predicted molar refractivity (Wildman–Crippen MR) is 139 cm³/mol. The van der Waals surface area contributed by atoms with Gasteiger partial charge in [0.05, 0.1) is 16.7 Å². The summed E-state index contributed by atoms with van der Waals surface area (Å²) in [7, 11) is -3.83. The zero-order valence-electron chi connectivity index (χ0n) is 20.9. The molecule has 1 amide bonds. The zero-order valence-corrected chi connectivity index (χ0v) is 21.7. The van der Waals surface area contributed by atoms with Crippen molar-refractivity contribution in [3.05, 3.63) is 53.6 Å². The van der Waals surface area contributed by atoms with Crippen LogP contribution < -0.4 is 14.5 Å². The van der Waals surface area contributed by atoms with Gasteiger partial charge in [0.15, 0.2) is 0 Å². The lowest BCUT2D eigenvalue weighted by Gasteiger charge is -2.37. The number of aryl methyl sites for hydroxylation is 1. The highest BCUT2D eigenvalue weighted by Crippen LogP contribution is 2.37. The molecule has 2 aliphatic heterocycles. The Kier molecular flexibility index (Phi) is 7.71. The number of piperidine rings is 1. The van der Waals surface area contributed by atoms with Crippen molar-refractivity contribution in [2.24, 2.45) is 11.8 Å². The van der Waals surface area contributed by atoms with E-state index in [-0.39, 0.29) is 22.6 Å². The molecule has 0 spiro atoms. The number of hydrogen-bond donors (Lipinski definition) is 2. The normalized spacial score (nSPS) is 20.5. The Bertz CT molecular complexity index is 1150. The molecular weight excluding hydrogens is 462 g/mol. The van der Waals surface area contributed by atoms with E-state index in [4.69, 9.17) is 0 Å². The highest BCUT2D eigenvalue weighted by Gasteiger charge is 2.31. The first kappa shape index (κ1) is 25.5. The second-order valence-corrected chi connectivity index (χ2v) is 12.0. The number of nitrogens with one attached hydrogen (secondary N) is 1. The van der Waals surface area contributed by atoms with Crippen LogP contribution in [0.5, 0.6) is 0 Å². The SMILES string of the molecule is CCc1ccc(N(CC(C)C)S(=O)(=O)c2ccc3c(c2)C(O)CCN3CC2CCNC(=O)C2)cc1. The quantitative estimate of drug-likeness (QED) is 0.576. The van der Waals surface area contributed by atoms with Crippen molar-refractivity contribution in [2.45, 2.75) is 57.5 Å². The summed E-state index contributed by atoms with van der Waals surface area (Å²) < 4.78 is 29.2. The summed E-state index contributed by atoms with van der Waals surface area (Å²) in [5, 5.41) is 13.7. The molecule has 0 aromatic heterocycles. The number of aliphatic hydroxyl groups is 1. The monoisotopic (exact) mass is 499 g/mol. The Labute approximate surface area is 209 Å². The molecule has 0 aliphatic carbocycles. The third-order valence-corrected chi connectivity index (χ3v) is 8.74. The molecular formula is C27H37N3O4S. The minimum absolute atomic E-state index is 0.0807. The Morgan fingerprint density at radius 3 is 2.54 bits per heavy atom. The maximum Gasteiger partial charge on any atom is 0.264 e. The van der Waals surface area contributed by atoms with Gasteiger partial charge in [-0.3, -0.25) is 9.10 Å². The molecule has 2 N–H and O–H groups in total. The predicted octanol–water partition coefficient (Wildman–Crippen LogP) is 3.87. The topological polar surface area (TPSA) is 89.9 Å². The van der Waals surface area contributed by atoms with Crippen LogP contribution >= 0.6 is 0 Å². The van der Waals surface area contributed by atoms with Crippen molar-refractivity contribution >= 4 is 27.3 Å². The molecule has 8 heteroatoms. The fraction of sp³-hybridized carbons (Fsp3) is 0.519. The van der Waals surface area contributed by atoms with Crippen LogP contribution in [0.25, 0.3) is 0 Å². The van der Waals surface area contributed by atoms with E-state index in [0.717, 1.165) is 30.6 Å². The van der Waals surface area contributed by atoms with Gasteiger partial charge in [-0.25, -0.2) is 8.42 Å². The fourth-order valence-electron chi connectivity index (χ4n) is 5.01. The van der Waals surface area contributed by atoms with Gasteiger partial charge in [-0.1, -0.05) is 32.9 Å². The maximum absolute atomic E-state index is 13.8. The lowest BCUT2D eigenvalue weighted by molar-refractivity contribution is -0.123. The second-order valence-electron chi connectivity index (χ2n) is 10.1. The van der Waals surface area contributed by atoms with Crippen LogP contribution in [0.2, 0.25) is 0 Å². The first-order valence-corrected chi connectivity index (χ1v) is 14.1. The van der Waals surface area contributed by atoms with Gasteiger partial charge in [0.25, 0.3) is 10.0 Å². The molecule has 35 heavy (non-hydrogen) atoms. The summed E-state index contributed by atoms with van der Waals surface area (Å²) in [5.74, 6) is 0.474. The first-order chi connectivity index (χ1) is 16.7. The molecule has 1 fully saturated rings. The van der Waals surface area contributed by atoms with Gasteiger partial charge in [0.2, 0.25) is 5.91 Å². The molecule has 0 radical (unpaired) electrons. The average Bonchev–Trinajstić information content (AvgIpc) is 2.84. The van der Waals surface area contributed by atoms with E-state index in [1.165, 1.54) is 4.31 Å². The van der Waals surface area contributed by atoms with Crippen molar-refractivity contribution in [1.82, 2.24) is 5.32 Å². The van der Waals surface area contributed by atoms with E-state index in [9.17, 15) is 18.3 Å². The molecule has 1 saturated heterocycles. The Morgan fingerprint density at radius 1 is 1.14 bits per heavy atom. The van der Waals surface area contributed by atoms with E-state index in [0.29, 0.717) is 43.7 Å². The van der Waals surface area contributed by atoms with Gasteiger partial charge in [-0.2, -0.15) is 0 Å². The Hall–Kier alpha value is -2.58. The van der Waals surface area contributed by atoms with Gasteiger partial charge in [0, 0.05) is 43.9 Å². The number of nitrogens with zero attached hydrogens (tertiary/aromatic N) is 2. The number of hydrogen-bond acceptors (Lipinski definition) is 5. The standard InChI is InChI=1S/C27H37N3O4S/c1-4-20-5-7-22(8-6-20)30(17-19(2)3)35(33,34)23-9-10-25-24(16-23)26(31)12-14-29(25)18-21-11-13-28-27(32)15-21/h5-10,16,19,21,26,31H,4,11-15,17-18H2,1-3H3,(H,28,32). The Morgan fingerprint density at radius 2 is 1.89 bits per heavy atom. The molecule has 2 aromatic carbocycles. The summed E-state index contributed by atoms with van der Waals surface area (Å²) >= 11 is 0. The van der Waals surface area contributed by atoms with Crippen LogP contribution in [0.3, 0.4) is 0 Å². The number of aliphatic hydroxyl groups excluding tert-OH is 1. The van der Waals surface area contributed by atoms with Gasteiger partial charge < -0.3 is 15.3 Å². The minimum atomic E-state index is -3.83. The summed E-state index contributed by atoms with van der Waals surface area (Å²) in [6.07, 6.45) is 2.13. The number of anilines is 2. The Balaban J connectivity index is 1.65. The lowest BCUT2D eigenvalue weighted by Crippen LogP contribution is -2.41. The molecule has 0 saturated carbocycles. The molecule has 2 atom stereocenters. The highest BCUT2D eigenvalue weighted by molar-refractivity contribution is 7.92. The molecule has 2 unspecified atom stereocenters. The van der Waals surface area contributed by atoms with Crippen LogP contribution in [0.15, 0.2) is 47.4 Å². The summed E-state index contributed by atoms with van der Waals surface area (Å²) in [6, 6.07) is 12.8. The van der Waals surface area contributed by atoms with Gasteiger partial charge in [0.1, 0.15) is 0 Å². The largest absolute Gasteiger partial charge is 0.388 e. The highest BCUT2D eigenvalue weighted by atomic mass is 32.2. The number of fused-ring (bicyclic) bond motifs is 1. The molecule has 0 bridgehead atoms. The van der Waals surface area contributed by atoms with Crippen molar-refractivity contribution in [1.29, 1.82) is 0 Å². The first-order valence-electron chi connectivity index (χ1n) is 12.6. The van der Waals surface area contributed by atoms with E-state index in [1.807, 2.05) is 44.2 Å². The van der Waals surface area contributed by atoms with E-state index in [1.54, 1.807) is 12.1 Å². The van der Waals surface area contributed by atoms with Crippen LogP contribution in [-0.2, 0) is 21.2 Å². The molecule has 7 nitrogen and oxygen atoms in total. The molecule has 2 aromatic rings. The maximum atomic E-state index is 13.8. The summed E-state index contributed by atoms with van der Waals surface area (Å²) in [4.78, 5) is 14.2. The summed E-state index contributed by atoms with van der Waals surface area (Å²) in [5.41, 5.74) is 3.30. The van der Waals surface area contributed by atoms with Crippen molar-refractivity contribution < 1.29 is 18.3 Å². The van der Waals surface area contributed by atoms with Crippen LogP contribution in [0.1, 0.15) is 57.3 Å².